The summed E-state index contributed by atoms with van der Waals surface area (Å²) >= 11 is 0. The van der Waals surface area contributed by atoms with E-state index >= 15 is 0 Å². The molecule has 2 fully saturated rings. The molecule has 1 saturated heterocycles. The number of aryl methyl sites for hydroxylation is 1. The van der Waals surface area contributed by atoms with Crippen molar-refractivity contribution in [2.45, 2.75) is 70.3 Å². The van der Waals surface area contributed by atoms with Crippen LogP contribution >= 0.6 is 0 Å². The van der Waals surface area contributed by atoms with Gasteiger partial charge in [0.05, 0.1) is 17.8 Å². The summed E-state index contributed by atoms with van der Waals surface area (Å²) in [4.78, 5) is 17.0. The van der Waals surface area contributed by atoms with Crippen LogP contribution < -0.4 is 16.4 Å². The first kappa shape index (κ1) is 28.1. The van der Waals surface area contributed by atoms with Crippen molar-refractivity contribution in [3.8, 4) is 0 Å². The van der Waals surface area contributed by atoms with Gasteiger partial charge in [0.25, 0.3) is 0 Å². The maximum atomic E-state index is 9.75. The fraction of sp³-hybridized carbons (Fsp3) is 0.500. The normalized spacial score (nSPS) is 28.8. The molecular weight excluding hydrogens is 506 g/mol. The highest BCUT2D eigenvalue weighted by Gasteiger charge is 2.46. The minimum absolute atomic E-state index is 0.152. The Hall–Kier alpha value is -3.47. The van der Waals surface area contributed by atoms with Gasteiger partial charge >= 0.3 is 6.41 Å². The molecule has 2 unspecified atom stereocenters. The van der Waals surface area contributed by atoms with Crippen LogP contribution in [-0.2, 0) is 9.57 Å². The standard InChI is InChI=1S/C30H41N7O3/c1-18-11-13-21(14-12-18)17-37-25(20(3)33-29(37)26(39-4)23-10-5-6-15-32-23)24(22-9-7-8-19(2)16-22)34-27(31)28-35-30(38)40-36-28/h5-10,15-16,18,21,24-26,29-30,33,38H,3,11-14,17H2,1-2,4H3,(H2,31,34)(H,35,36)/t18-,21-,24-,25?,26?,29-,30-/m1/s1. The largest absolute Gasteiger partial charge is 0.381 e. The molecule has 10 nitrogen and oxygen atoms in total. The average Bonchev–Trinajstić information content (AvgIpc) is 3.52. The lowest BCUT2D eigenvalue weighted by Gasteiger charge is -2.38. The Labute approximate surface area is 236 Å². The van der Waals surface area contributed by atoms with Crippen LogP contribution in [0.5, 0.6) is 0 Å². The van der Waals surface area contributed by atoms with Crippen LogP contribution in [0.25, 0.3) is 0 Å². The summed E-state index contributed by atoms with van der Waals surface area (Å²) in [6.07, 6.45) is 4.85. The summed E-state index contributed by atoms with van der Waals surface area (Å²) in [5, 5.41) is 20.0. The van der Waals surface area contributed by atoms with Crippen molar-refractivity contribution < 1.29 is 14.7 Å². The van der Waals surface area contributed by atoms with Gasteiger partial charge in [0.1, 0.15) is 12.3 Å². The van der Waals surface area contributed by atoms with Crippen molar-refractivity contribution in [3.05, 3.63) is 77.8 Å². The Morgan fingerprint density at radius 2 is 2.02 bits per heavy atom. The number of aromatic nitrogens is 1. The number of rotatable bonds is 9. The maximum absolute atomic E-state index is 9.75. The Morgan fingerprint density at radius 3 is 2.67 bits per heavy atom. The van der Waals surface area contributed by atoms with Gasteiger partial charge in [-0.25, -0.2) is 0 Å². The van der Waals surface area contributed by atoms with Gasteiger partial charge in [0.15, 0.2) is 5.84 Å². The number of hydrogen-bond acceptors (Lipinski definition) is 9. The second kappa shape index (κ2) is 12.4. The first-order valence-corrected chi connectivity index (χ1v) is 14.1. The number of nitrogens with zero attached hydrogens (tertiary/aromatic N) is 4. The zero-order chi connectivity index (χ0) is 28.2. The monoisotopic (exact) mass is 547 g/mol. The second-order valence-electron chi connectivity index (χ2n) is 11.2. The molecule has 0 amide bonds. The van der Waals surface area contributed by atoms with Gasteiger partial charge in [-0.2, -0.15) is 0 Å². The fourth-order valence-corrected chi connectivity index (χ4v) is 6.13. The zero-order valence-electron chi connectivity index (χ0n) is 23.5. The van der Waals surface area contributed by atoms with Gasteiger partial charge in [0, 0.05) is 25.5 Å². The highest BCUT2D eigenvalue weighted by molar-refractivity contribution is 6.40. The number of benzene rings is 1. The molecule has 0 spiro atoms. The van der Waals surface area contributed by atoms with E-state index in [0.717, 1.165) is 35.0 Å². The van der Waals surface area contributed by atoms with E-state index in [-0.39, 0.29) is 30.0 Å². The van der Waals surface area contributed by atoms with Crippen LogP contribution in [0.1, 0.15) is 61.6 Å². The fourth-order valence-electron chi connectivity index (χ4n) is 6.13. The van der Waals surface area contributed by atoms with Crippen molar-refractivity contribution in [3.63, 3.8) is 0 Å². The highest BCUT2D eigenvalue weighted by Crippen LogP contribution is 2.40. The van der Waals surface area contributed by atoms with Crippen molar-refractivity contribution in [2.75, 3.05) is 13.7 Å². The molecule has 0 bridgehead atoms. The number of nitrogens with two attached hydrogens (primary N) is 1. The Kier molecular flexibility index (Phi) is 8.68. The van der Waals surface area contributed by atoms with Crippen LogP contribution in [0.3, 0.4) is 0 Å². The molecule has 2 aromatic rings. The molecule has 40 heavy (non-hydrogen) atoms. The molecule has 1 saturated carbocycles. The van der Waals surface area contributed by atoms with Crippen LogP contribution in [-0.4, -0.2) is 58.9 Å². The van der Waals surface area contributed by atoms with Crippen LogP contribution in [0.15, 0.2) is 71.1 Å². The lowest BCUT2D eigenvalue weighted by molar-refractivity contribution is -0.0895. The molecule has 5 N–H and O–H groups in total. The molecule has 2 aliphatic heterocycles. The second-order valence-corrected chi connectivity index (χ2v) is 11.2. The van der Waals surface area contributed by atoms with Crippen LogP contribution in [0.2, 0.25) is 0 Å². The van der Waals surface area contributed by atoms with Crippen molar-refractivity contribution in [1.29, 1.82) is 0 Å². The number of amidine groups is 2. The van der Waals surface area contributed by atoms with Gasteiger partial charge in [0.2, 0.25) is 5.84 Å². The molecule has 5 atom stereocenters. The smallest absolute Gasteiger partial charge is 0.305 e. The summed E-state index contributed by atoms with van der Waals surface area (Å²) in [6, 6.07) is 13.5. The lowest BCUT2D eigenvalue weighted by atomic mass is 9.82. The molecule has 1 aliphatic carbocycles. The summed E-state index contributed by atoms with van der Waals surface area (Å²) < 4.78 is 6.09. The molecule has 0 radical (unpaired) electrons. The predicted octanol–water partition coefficient (Wildman–Crippen LogP) is 3.33. The van der Waals surface area contributed by atoms with Crippen molar-refractivity contribution in [2.24, 2.45) is 27.7 Å². The quantitative estimate of drug-likeness (QED) is 0.278. The van der Waals surface area contributed by atoms with E-state index in [9.17, 15) is 5.11 Å². The van der Waals surface area contributed by atoms with E-state index in [1.807, 2.05) is 24.3 Å². The molecule has 5 rings (SSSR count). The molecule has 3 aliphatic rings. The molecule has 1 aromatic carbocycles. The van der Waals surface area contributed by atoms with Gasteiger partial charge in [-0.3, -0.25) is 14.9 Å². The Balaban J connectivity index is 1.56. The number of aliphatic hydroxyl groups is 1. The van der Waals surface area contributed by atoms with Crippen molar-refractivity contribution in [1.82, 2.24) is 20.5 Å². The zero-order valence-corrected chi connectivity index (χ0v) is 23.5. The first-order chi connectivity index (χ1) is 19.3. The summed E-state index contributed by atoms with van der Waals surface area (Å²) in [7, 11) is 1.72. The van der Waals surface area contributed by atoms with Gasteiger partial charge in [-0.1, -0.05) is 67.4 Å². The number of ether oxygens (including phenoxy) is 1. The van der Waals surface area contributed by atoms with Crippen LogP contribution in [0.4, 0.5) is 0 Å². The molecule has 10 heteroatoms. The average molecular weight is 548 g/mol. The van der Waals surface area contributed by atoms with E-state index in [4.69, 9.17) is 20.3 Å². The van der Waals surface area contributed by atoms with E-state index in [1.54, 1.807) is 13.3 Å². The van der Waals surface area contributed by atoms with E-state index in [1.165, 1.54) is 25.7 Å². The lowest BCUT2D eigenvalue weighted by Crippen LogP contribution is -2.48. The molecule has 1 aromatic heterocycles. The summed E-state index contributed by atoms with van der Waals surface area (Å²) in [6.45, 7) is 9.75. The number of nitrogens with one attached hydrogen (secondary N) is 2. The van der Waals surface area contributed by atoms with E-state index < -0.39 is 12.5 Å². The number of methoxy groups -OCH3 is 1. The minimum atomic E-state index is -1.25. The Bertz CT molecular complexity index is 1230. The summed E-state index contributed by atoms with van der Waals surface area (Å²) in [5.74, 6) is 1.66. The number of aliphatic hydroxyl groups excluding tert-OH is 1. The van der Waals surface area contributed by atoms with E-state index in [2.05, 4.69) is 64.3 Å². The Morgan fingerprint density at radius 1 is 1.23 bits per heavy atom. The predicted molar refractivity (Wildman–Crippen MR) is 155 cm³/mol. The third-order valence-electron chi connectivity index (χ3n) is 8.24. The summed E-state index contributed by atoms with van der Waals surface area (Å²) in [5.41, 5.74) is 10.3. The highest BCUT2D eigenvalue weighted by atomic mass is 16.7. The minimum Gasteiger partial charge on any atom is -0.381 e. The van der Waals surface area contributed by atoms with Gasteiger partial charge in [-0.05, 0) is 49.3 Å². The topological polar surface area (TPSA) is 130 Å². The number of hydrogen-bond donors (Lipinski definition) is 4. The van der Waals surface area contributed by atoms with Gasteiger partial charge in [-0.15, -0.1) is 0 Å². The molecule has 214 valence electrons. The SMILES string of the molecule is C=C1N[C@@H](C(OC)c2ccccn2)N(C[C@H]2CC[C@H](C)CC2)C1[C@H](/N=C(\N)C1=NO[C@@H](O)N1)c1cccc(C)c1. The number of aliphatic imine (C=N–C) groups is 1. The van der Waals surface area contributed by atoms with Crippen molar-refractivity contribution >= 4 is 11.7 Å². The number of oxime groups is 1. The third-order valence-corrected chi connectivity index (χ3v) is 8.24. The number of pyridine rings is 1. The molecular formula is C30H41N7O3. The molecule has 3 heterocycles. The van der Waals surface area contributed by atoms with E-state index in [0.29, 0.717) is 5.92 Å². The third kappa shape index (κ3) is 6.14. The van der Waals surface area contributed by atoms with Crippen LogP contribution in [0, 0.1) is 18.8 Å². The maximum Gasteiger partial charge on any atom is 0.305 e. The first-order valence-electron chi connectivity index (χ1n) is 14.1. The van der Waals surface area contributed by atoms with Gasteiger partial charge < -0.3 is 31.0 Å².